The summed E-state index contributed by atoms with van der Waals surface area (Å²) in [7, 11) is 1.77. The van der Waals surface area contributed by atoms with Crippen molar-refractivity contribution in [2.45, 2.75) is 12.0 Å². The quantitative estimate of drug-likeness (QED) is 0.0900. The average Bonchev–Trinajstić information content (AvgIpc) is 3.80. The highest BCUT2D eigenvalue weighted by atomic mass is 16.5. The van der Waals surface area contributed by atoms with Gasteiger partial charge in [-0.1, -0.05) is 121 Å². The zero-order valence-corrected chi connectivity index (χ0v) is 27.0. The van der Waals surface area contributed by atoms with E-state index in [1.54, 1.807) is 7.05 Å². The third-order valence-corrected chi connectivity index (χ3v) is 8.86. The molecule has 0 fully saturated rings. The second kappa shape index (κ2) is 13.1. The first-order valence-electron chi connectivity index (χ1n) is 16.4. The fourth-order valence-electron chi connectivity index (χ4n) is 6.01. The van der Waals surface area contributed by atoms with Gasteiger partial charge >= 0.3 is 0 Å². The van der Waals surface area contributed by atoms with Gasteiger partial charge in [0.05, 0.1) is 0 Å². The van der Waals surface area contributed by atoms with Crippen molar-refractivity contribution in [1.82, 2.24) is 10.2 Å². The summed E-state index contributed by atoms with van der Waals surface area (Å²) in [5, 5.41) is 8.64. The normalized spacial score (nSPS) is 13.3. The molecule has 5 heteroatoms. The first kappa shape index (κ1) is 30.0. The van der Waals surface area contributed by atoms with Crippen LogP contribution in [0.25, 0.3) is 45.2 Å². The predicted octanol–water partition coefficient (Wildman–Crippen LogP) is 10.2. The van der Waals surface area contributed by atoms with Crippen LogP contribution in [0.4, 0.5) is 0 Å². The van der Waals surface area contributed by atoms with Crippen molar-refractivity contribution in [1.29, 1.82) is 0 Å². The summed E-state index contributed by atoms with van der Waals surface area (Å²) in [6, 6.07) is 54.1. The van der Waals surface area contributed by atoms with Crippen molar-refractivity contribution in [3.05, 3.63) is 192 Å². The maximum atomic E-state index is 6.51. The fraction of sp³-hybridized carbons (Fsp3) is 0.0682. The molecule has 0 N–H and O–H groups in total. The Morgan fingerprint density at radius 2 is 0.980 bits per heavy atom. The van der Waals surface area contributed by atoms with Crippen LogP contribution in [0.3, 0.4) is 0 Å². The Bertz CT molecular complexity index is 2230. The second-order valence-electron chi connectivity index (χ2n) is 12.1. The van der Waals surface area contributed by atoms with E-state index in [0.717, 1.165) is 45.4 Å². The average molecular weight is 636 g/mol. The van der Waals surface area contributed by atoms with Gasteiger partial charge in [-0.2, -0.15) is 0 Å². The van der Waals surface area contributed by atoms with Crippen LogP contribution in [0.5, 0.6) is 0 Å². The largest absolute Gasteiger partial charge is 0.457 e. The summed E-state index contributed by atoms with van der Waals surface area (Å²) in [6.07, 6.45) is 5.02. The number of ether oxygens (including phenoxy) is 1. The minimum absolute atomic E-state index is 0.493. The number of benzene rings is 6. The molecule has 0 bridgehead atoms. The van der Waals surface area contributed by atoms with Crippen LogP contribution >= 0.6 is 0 Å². The maximum Gasteiger partial charge on any atom is 0.248 e. The number of aromatic nitrogens is 2. The van der Waals surface area contributed by atoms with Crippen LogP contribution in [-0.4, -0.2) is 23.1 Å². The van der Waals surface area contributed by atoms with E-state index >= 15 is 0 Å². The lowest BCUT2D eigenvalue weighted by atomic mass is 9.99. The Labute approximate surface area is 285 Å². The minimum atomic E-state index is -0.590. The summed E-state index contributed by atoms with van der Waals surface area (Å²) in [5.41, 5.74) is 10.2. The lowest BCUT2D eigenvalue weighted by Crippen LogP contribution is -2.20. The van der Waals surface area contributed by atoms with Gasteiger partial charge in [0.1, 0.15) is 0 Å². The molecule has 0 aliphatic heterocycles. The van der Waals surface area contributed by atoms with Crippen molar-refractivity contribution in [3.63, 3.8) is 0 Å². The van der Waals surface area contributed by atoms with Gasteiger partial charge in [-0.3, -0.25) is 4.99 Å². The Morgan fingerprint density at radius 3 is 1.53 bits per heavy atom. The lowest BCUT2D eigenvalue weighted by molar-refractivity contribution is 0.196. The number of rotatable bonds is 9. The van der Waals surface area contributed by atoms with Gasteiger partial charge in [-0.15, -0.1) is 10.2 Å². The summed E-state index contributed by atoms with van der Waals surface area (Å²) < 4.78 is 12.6. The van der Waals surface area contributed by atoms with Crippen molar-refractivity contribution in [2.24, 2.45) is 4.99 Å². The topological polar surface area (TPSA) is 60.5 Å². The molecule has 49 heavy (non-hydrogen) atoms. The van der Waals surface area contributed by atoms with Crippen molar-refractivity contribution in [2.75, 3.05) is 7.05 Å². The monoisotopic (exact) mass is 635 g/mol. The molecule has 0 saturated heterocycles. The Kier molecular flexibility index (Phi) is 8.00. The van der Waals surface area contributed by atoms with E-state index in [0.29, 0.717) is 17.7 Å². The van der Waals surface area contributed by atoms with Crippen molar-refractivity contribution < 1.29 is 9.15 Å². The van der Waals surface area contributed by atoms with Gasteiger partial charge in [0, 0.05) is 29.3 Å². The maximum absolute atomic E-state index is 6.51. The van der Waals surface area contributed by atoms with Gasteiger partial charge in [0.15, 0.2) is 5.60 Å². The summed E-state index contributed by atoms with van der Waals surface area (Å²) >= 11 is 0. The highest BCUT2D eigenvalue weighted by molar-refractivity contribution is 5.95. The van der Waals surface area contributed by atoms with E-state index in [4.69, 9.17) is 9.15 Å². The van der Waals surface area contributed by atoms with Crippen LogP contribution in [-0.2, 0) is 16.8 Å². The Balaban J connectivity index is 0.919. The first-order valence-corrected chi connectivity index (χ1v) is 16.4. The molecule has 6 aromatic carbocycles. The number of hydrogen-bond acceptors (Lipinski definition) is 5. The molecule has 8 rings (SSSR count). The molecule has 1 aliphatic rings. The van der Waals surface area contributed by atoms with Crippen LogP contribution in [0.1, 0.15) is 22.3 Å². The van der Waals surface area contributed by atoms with E-state index in [2.05, 4.69) is 137 Å². The minimum Gasteiger partial charge on any atom is -0.457 e. The van der Waals surface area contributed by atoms with Crippen LogP contribution in [0, 0.1) is 0 Å². The zero-order chi connectivity index (χ0) is 33.0. The van der Waals surface area contributed by atoms with Gasteiger partial charge in [0.25, 0.3) is 0 Å². The molecule has 0 spiro atoms. The summed E-state index contributed by atoms with van der Waals surface area (Å²) in [4.78, 5) is 4.48. The van der Waals surface area contributed by atoms with Gasteiger partial charge in [0.2, 0.25) is 17.7 Å². The lowest BCUT2D eigenvalue weighted by Gasteiger charge is -2.21. The van der Waals surface area contributed by atoms with Crippen LogP contribution in [0.15, 0.2) is 179 Å². The van der Waals surface area contributed by atoms with Crippen molar-refractivity contribution in [3.8, 4) is 45.2 Å². The Hall–Kier alpha value is -6.33. The van der Waals surface area contributed by atoms with Gasteiger partial charge in [-0.25, -0.2) is 0 Å². The molecule has 1 heterocycles. The van der Waals surface area contributed by atoms with E-state index in [-0.39, 0.29) is 0 Å². The fourth-order valence-corrected chi connectivity index (χ4v) is 6.01. The smallest absolute Gasteiger partial charge is 0.248 e. The van der Waals surface area contributed by atoms with E-state index in [1.165, 1.54) is 16.7 Å². The number of hydrogen-bond donors (Lipinski definition) is 0. The molecular formula is C44H33N3O2. The third-order valence-electron chi connectivity index (χ3n) is 8.86. The molecular weight excluding hydrogens is 603 g/mol. The second-order valence-corrected chi connectivity index (χ2v) is 12.1. The number of aliphatic imine (C=N–C) groups is 1. The van der Waals surface area contributed by atoms with Crippen molar-refractivity contribution >= 4 is 5.90 Å². The van der Waals surface area contributed by atoms with E-state index < -0.39 is 5.60 Å². The molecule has 0 amide bonds. The first-order chi connectivity index (χ1) is 24.2. The zero-order valence-electron chi connectivity index (χ0n) is 27.0. The SMILES string of the molecule is CN=C(OC1(c2ccc(-c3ccc(-c4nnc(-c5ccc(Cc6ccccc6)cc5)o4)cc3)cc2)C=C1)c1ccc(-c2ccccc2)cc1. The highest BCUT2D eigenvalue weighted by Crippen LogP contribution is 2.41. The third kappa shape index (κ3) is 6.47. The Morgan fingerprint density at radius 1 is 0.531 bits per heavy atom. The van der Waals surface area contributed by atoms with Gasteiger partial charge in [-0.05, 0) is 88.4 Å². The van der Waals surface area contributed by atoms with Gasteiger partial charge < -0.3 is 9.15 Å². The molecule has 0 saturated carbocycles. The van der Waals surface area contributed by atoms with E-state index in [1.807, 2.05) is 48.5 Å². The molecule has 1 aromatic heterocycles. The molecule has 7 aromatic rings. The standard InChI is InChI=1S/C44H33N3O2/c1-45-41(37-20-16-34(17-21-37)33-10-6-3-7-11-33)49-44(28-29-44)40-26-24-36(25-27-40)35-18-22-39(23-19-35)43-47-46-42(48-43)38-14-12-32(13-15-38)30-31-8-4-2-5-9-31/h2-29H,30H2,1H3. The molecule has 236 valence electrons. The molecule has 0 atom stereocenters. The summed E-state index contributed by atoms with van der Waals surface area (Å²) in [6.45, 7) is 0. The highest BCUT2D eigenvalue weighted by Gasteiger charge is 2.40. The van der Waals surface area contributed by atoms with E-state index in [9.17, 15) is 0 Å². The van der Waals surface area contributed by atoms with Crippen LogP contribution in [0.2, 0.25) is 0 Å². The number of nitrogens with zero attached hydrogens (tertiary/aromatic N) is 3. The summed E-state index contributed by atoms with van der Waals surface area (Å²) in [5.74, 6) is 1.60. The molecule has 0 radical (unpaired) electrons. The molecule has 1 aliphatic carbocycles. The molecule has 5 nitrogen and oxygen atoms in total. The predicted molar refractivity (Wildman–Crippen MR) is 196 cm³/mol. The van der Waals surface area contributed by atoms with Crippen LogP contribution < -0.4 is 0 Å². The molecule has 0 unspecified atom stereocenters.